The lowest BCUT2D eigenvalue weighted by molar-refractivity contribution is 0.113. The van der Waals surface area contributed by atoms with Crippen LogP contribution in [-0.2, 0) is 10.3 Å². The van der Waals surface area contributed by atoms with Gasteiger partial charge in [0.2, 0.25) is 6.08 Å². The number of benzene rings is 1. The highest BCUT2D eigenvalue weighted by Crippen LogP contribution is 2.50. The second-order valence-corrected chi connectivity index (χ2v) is 6.53. The summed E-state index contributed by atoms with van der Waals surface area (Å²) in [5.41, 5.74) is 0.295. The minimum absolute atomic E-state index is 0.215. The average Bonchev–Trinajstić information content (AvgIpc) is 2.93. The van der Waals surface area contributed by atoms with Crippen LogP contribution in [0.5, 0.6) is 11.5 Å². The number of hydrogen-bond acceptors (Lipinski definition) is 4. The van der Waals surface area contributed by atoms with E-state index in [0.717, 1.165) is 44.1 Å². The molecule has 0 unspecified atom stereocenters. The molecule has 1 aromatic rings. The first-order valence-corrected chi connectivity index (χ1v) is 8.20. The Hall–Kier alpha value is -1.51. The largest absolute Gasteiger partial charge is 0.493 e. The SMILES string of the molecule is COc1cc(Cl)cc(C2(N=C=O)CCCC2)c1OC1CCC1. The van der Waals surface area contributed by atoms with Crippen molar-refractivity contribution < 1.29 is 14.3 Å². The summed E-state index contributed by atoms with van der Waals surface area (Å²) in [6, 6.07) is 3.62. The average molecular weight is 322 g/mol. The molecule has 5 heteroatoms. The number of nitrogens with zero attached hydrogens (tertiary/aromatic N) is 1. The summed E-state index contributed by atoms with van der Waals surface area (Å²) in [6.07, 6.45) is 8.94. The van der Waals surface area contributed by atoms with Crippen molar-refractivity contribution in [2.45, 2.75) is 56.6 Å². The van der Waals surface area contributed by atoms with Crippen molar-refractivity contribution in [1.82, 2.24) is 0 Å². The second kappa shape index (κ2) is 6.31. The van der Waals surface area contributed by atoms with E-state index in [2.05, 4.69) is 4.99 Å². The number of aliphatic imine (C=N–C) groups is 1. The third-order valence-corrected chi connectivity index (χ3v) is 4.99. The van der Waals surface area contributed by atoms with Gasteiger partial charge in [-0.1, -0.05) is 24.4 Å². The molecular weight excluding hydrogens is 302 g/mol. The van der Waals surface area contributed by atoms with E-state index in [4.69, 9.17) is 21.1 Å². The Kier molecular flexibility index (Phi) is 4.42. The van der Waals surface area contributed by atoms with Crippen LogP contribution in [-0.4, -0.2) is 19.3 Å². The maximum Gasteiger partial charge on any atom is 0.235 e. The lowest BCUT2D eigenvalue weighted by Gasteiger charge is -2.32. The van der Waals surface area contributed by atoms with Crippen LogP contribution < -0.4 is 9.47 Å². The summed E-state index contributed by atoms with van der Waals surface area (Å²) < 4.78 is 11.6. The van der Waals surface area contributed by atoms with Gasteiger partial charge in [-0.25, -0.2) is 4.79 Å². The van der Waals surface area contributed by atoms with Crippen molar-refractivity contribution in [2.24, 2.45) is 4.99 Å². The molecule has 0 bridgehead atoms. The molecule has 0 N–H and O–H groups in total. The van der Waals surface area contributed by atoms with Crippen molar-refractivity contribution in [1.29, 1.82) is 0 Å². The van der Waals surface area contributed by atoms with Gasteiger partial charge in [-0.2, -0.15) is 4.99 Å². The summed E-state index contributed by atoms with van der Waals surface area (Å²) in [4.78, 5) is 15.1. The molecule has 0 spiro atoms. The van der Waals surface area contributed by atoms with Gasteiger partial charge in [0.05, 0.1) is 13.2 Å². The number of rotatable bonds is 5. The molecule has 0 amide bonds. The molecule has 2 aliphatic rings. The van der Waals surface area contributed by atoms with Gasteiger partial charge < -0.3 is 9.47 Å². The zero-order chi connectivity index (χ0) is 15.6. The van der Waals surface area contributed by atoms with Crippen LogP contribution >= 0.6 is 11.6 Å². The molecule has 2 fully saturated rings. The fraction of sp³-hybridized carbons (Fsp3) is 0.588. The molecule has 0 atom stereocenters. The fourth-order valence-corrected chi connectivity index (χ4v) is 3.54. The van der Waals surface area contributed by atoms with Crippen molar-refractivity contribution >= 4 is 17.7 Å². The molecular formula is C17H20ClNO3. The molecule has 4 nitrogen and oxygen atoms in total. The maximum atomic E-state index is 11.0. The second-order valence-electron chi connectivity index (χ2n) is 6.10. The normalized spacial score (nSPS) is 20.1. The highest BCUT2D eigenvalue weighted by molar-refractivity contribution is 6.30. The summed E-state index contributed by atoms with van der Waals surface area (Å²) in [5.74, 6) is 1.30. The Morgan fingerprint density at radius 3 is 2.55 bits per heavy atom. The van der Waals surface area contributed by atoms with E-state index < -0.39 is 5.54 Å². The Bertz CT molecular complexity index is 600. The van der Waals surface area contributed by atoms with Crippen molar-refractivity contribution in [2.75, 3.05) is 7.11 Å². The van der Waals surface area contributed by atoms with E-state index in [1.165, 1.54) is 6.42 Å². The molecule has 1 aromatic carbocycles. The summed E-state index contributed by atoms with van der Waals surface area (Å²) >= 11 is 6.25. The van der Waals surface area contributed by atoms with E-state index in [-0.39, 0.29) is 6.10 Å². The Morgan fingerprint density at radius 1 is 1.27 bits per heavy atom. The smallest absolute Gasteiger partial charge is 0.235 e. The fourth-order valence-electron chi connectivity index (χ4n) is 3.33. The zero-order valence-corrected chi connectivity index (χ0v) is 13.5. The molecule has 0 aromatic heterocycles. The highest BCUT2D eigenvalue weighted by atomic mass is 35.5. The lowest BCUT2D eigenvalue weighted by atomic mass is 9.87. The topological polar surface area (TPSA) is 47.9 Å². The minimum atomic E-state index is -0.570. The summed E-state index contributed by atoms with van der Waals surface area (Å²) in [7, 11) is 1.60. The molecule has 0 saturated heterocycles. The quantitative estimate of drug-likeness (QED) is 0.597. The predicted octanol–water partition coefficient (Wildman–Crippen LogP) is 4.39. The van der Waals surface area contributed by atoms with E-state index in [1.54, 1.807) is 19.3 Å². The third-order valence-electron chi connectivity index (χ3n) is 4.77. The van der Waals surface area contributed by atoms with Crippen molar-refractivity contribution in [3.63, 3.8) is 0 Å². The van der Waals surface area contributed by atoms with E-state index in [0.29, 0.717) is 16.5 Å². The molecule has 2 aliphatic carbocycles. The minimum Gasteiger partial charge on any atom is -0.493 e. The molecule has 0 heterocycles. The summed E-state index contributed by atoms with van der Waals surface area (Å²) in [6.45, 7) is 0. The van der Waals surface area contributed by atoms with Crippen LogP contribution in [0.2, 0.25) is 5.02 Å². The molecule has 22 heavy (non-hydrogen) atoms. The van der Waals surface area contributed by atoms with Gasteiger partial charge in [-0.05, 0) is 38.2 Å². The van der Waals surface area contributed by atoms with Gasteiger partial charge in [-0.3, -0.25) is 0 Å². The van der Waals surface area contributed by atoms with Crippen LogP contribution in [0, 0.1) is 0 Å². The molecule has 2 saturated carbocycles. The van der Waals surface area contributed by atoms with Gasteiger partial charge in [-0.15, -0.1) is 0 Å². The Labute approximate surface area is 135 Å². The number of isocyanates is 1. The first-order chi connectivity index (χ1) is 10.7. The lowest BCUT2D eigenvalue weighted by Crippen LogP contribution is -2.28. The standard InChI is InChI=1S/C17H20ClNO3/c1-21-15-10-12(18)9-14(16(15)22-13-5-4-6-13)17(19-11-20)7-2-3-8-17/h9-10,13H,2-8H2,1H3. The van der Waals surface area contributed by atoms with E-state index >= 15 is 0 Å². The third kappa shape index (κ3) is 2.73. The van der Waals surface area contributed by atoms with E-state index in [1.807, 2.05) is 6.07 Å². The van der Waals surface area contributed by atoms with Crippen LogP contribution in [0.1, 0.15) is 50.5 Å². The van der Waals surface area contributed by atoms with Gasteiger partial charge >= 0.3 is 0 Å². The number of hydrogen-bond donors (Lipinski definition) is 0. The first kappa shape index (κ1) is 15.4. The summed E-state index contributed by atoms with van der Waals surface area (Å²) in [5, 5.41) is 0.570. The van der Waals surface area contributed by atoms with Crippen molar-refractivity contribution in [3.05, 3.63) is 22.7 Å². The van der Waals surface area contributed by atoms with Gasteiger partial charge in [0.15, 0.2) is 11.5 Å². The van der Waals surface area contributed by atoms with Crippen molar-refractivity contribution in [3.8, 4) is 11.5 Å². The van der Waals surface area contributed by atoms with E-state index in [9.17, 15) is 4.79 Å². The van der Waals surface area contributed by atoms with Crippen LogP contribution in [0.25, 0.3) is 0 Å². The number of halogens is 1. The Balaban J connectivity index is 2.10. The van der Waals surface area contributed by atoms with Crippen LogP contribution in [0.3, 0.4) is 0 Å². The number of carbonyl (C=O) groups excluding carboxylic acids is 1. The van der Waals surface area contributed by atoms with Gasteiger partial charge in [0, 0.05) is 16.7 Å². The Morgan fingerprint density at radius 2 is 2.00 bits per heavy atom. The highest BCUT2D eigenvalue weighted by Gasteiger charge is 2.40. The first-order valence-electron chi connectivity index (χ1n) is 7.82. The zero-order valence-electron chi connectivity index (χ0n) is 12.7. The maximum absolute atomic E-state index is 11.0. The molecule has 0 radical (unpaired) electrons. The monoisotopic (exact) mass is 321 g/mol. The molecule has 118 valence electrons. The van der Waals surface area contributed by atoms with Crippen LogP contribution in [0.15, 0.2) is 17.1 Å². The molecule has 0 aliphatic heterocycles. The van der Waals surface area contributed by atoms with Crippen LogP contribution in [0.4, 0.5) is 0 Å². The molecule has 3 rings (SSSR count). The predicted molar refractivity (Wildman–Crippen MR) is 84.5 cm³/mol. The van der Waals surface area contributed by atoms with Gasteiger partial charge in [0.25, 0.3) is 0 Å². The van der Waals surface area contributed by atoms with Gasteiger partial charge in [0.1, 0.15) is 5.54 Å². The number of ether oxygens (including phenoxy) is 2. The number of methoxy groups -OCH3 is 1.